The molecule has 0 fully saturated rings. The van der Waals surface area contributed by atoms with Crippen LogP contribution in [0.15, 0.2) is 30.3 Å². The molecule has 0 aliphatic heterocycles. The first-order valence-corrected chi connectivity index (χ1v) is 6.06. The van der Waals surface area contributed by atoms with Crippen molar-refractivity contribution >= 4 is 29.2 Å². The van der Waals surface area contributed by atoms with Crippen molar-refractivity contribution in [3.63, 3.8) is 0 Å². The summed E-state index contributed by atoms with van der Waals surface area (Å²) in [7, 11) is 0. The smallest absolute Gasteiger partial charge is 0.357 e. The molecule has 0 N–H and O–H groups in total. The molecule has 0 unspecified atom stereocenters. The fraction of sp³-hybridized carbons (Fsp3) is 0.167. The molecule has 1 heterocycles. The number of nitrogens with zero attached hydrogens (tertiary/aromatic N) is 2. The van der Waals surface area contributed by atoms with Gasteiger partial charge in [0.1, 0.15) is 0 Å². The SMILES string of the molecule is CCOC(=O)c1cc(Cl)nn1-c1ccccc1Cl. The summed E-state index contributed by atoms with van der Waals surface area (Å²) >= 11 is 11.9. The lowest BCUT2D eigenvalue weighted by atomic mass is 10.3. The Morgan fingerprint density at radius 3 is 2.78 bits per heavy atom. The highest BCUT2D eigenvalue weighted by molar-refractivity contribution is 6.32. The van der Waals surface area contributed by atoms with Gasteiger partial charge in [-0.15, -0.1) is 0 Å². The van der Waals surface area contributed by atoms with E-state index in [1.54, 1.807) is 31.2 Å². The minimum Gasteiger partial charge on any atom is -0.461 e. The number of carbonyl (C=O) groups is 1. The normalized spacial score (nSPS) is 10.4. The van der Waals surface area contributed by atoms with E-state index in [1.807, 2.05) is 0 Å². The summed E-state index contributed by atoms with van der Waals surface area (Å²) in [5.74, 6) is -0.489. The molecule has 0 saturated heterocycles. The minimum atomic E-state index is -0.489. The summed E-state index contributed by atoms with van der Waals surface area (Å²) in [5.41, 5.74) is 0.823. The van der Waals surface area contributed by atoms with Crippen LogP contribution in [0.2, 0.25) is 10.2 Å². The van der Waals surface area contributed by atoms with E-state index >= 15 is 0 Å². The van der Waals surface area contributed by atoms with Gasteiger partial charge in [0, 0.05) is 6.07 Å². The maximum Gasteiger partial charge on any atom is 0.357 e. The molecule has 0 atom stereocenters. The molecule has 0 saturated carbocycles. The highest BCUT2D eigenvalue weighted by Gasteiger charge is 2.18. The van der Waals surface area contributed by atoms with E-state index in [9.17, 15) is 4.79 Å². The molecule has 2 rings (SSSR count). The van der Waals surface area contributed by atoms with Gasteiger partial charge in [-0.25, -0.2) is 9.48 Å². The summed E-state index contributed by atoms with van der Waals surface area (Å²) in [5, 5.41) is 4.72. The third-order valence-corrected chi connectivity index (χ3v) is 2.75. The molecule has 0 aliphatic carbocycles. The zero-order valence-electron chi connectivity index (χ0n) is 9.56. The number of hydrogen-bond donors (Lipinski definition) is 0. The van der Waals surface area contributed by atoms with Gasteiger partial charge in [0.05, 0.1) is 17.3 Å². The molecule has 0 bridgehead atoms. The number of benzene rings is 1. The lowest BCUT2D eigenvalue weighted by Gasteiger charge is -2.07. The summed E-state index contributed by atoms with van der Waals surface area (Å²) in [6.07, 6.45) is 0. The Balaban J connectivity index is 2.51. The largest absolute Gasteiger partial charge is 0.461 e. The van der Waals surface area contributed by atoms with E-state index < -0.39 is 5.97 Å². The molecule has 4 nitrogen and oxygen atoms in total. The number of ether oxygens (including phenoxy) is 1. The van der Waals surface area contributed by atoms with E-state index in [2.05, 4.69) is 5.10 Å². The van der Waals surface area contributed by atoms with Crippen LogP contribution in [-0.2, 0) is 4.74 Å². The standard InChI is InChI=1S/C12H10Cl2N2O2/c1-2-18-12(17)10-7-11(14)15-16(10)9-6-4-3-5-8(9)13/h3-7H,2H2,1H3. The second-order valence-electron chi connectivity index (χ2n) is 3.44. The van der Waals surface area contributed by atoms with Crippen LogP contribution in [0.1, 0.15) is 17.4 Å². The molecule has 0 aliphatic rings. The second kappa shape index (κ2) is 5.42. The topological polar surface area (TPSA) is 44.1 Å². The fourth-order valence-electron chi connectivity index (χ4n) is 1.51. The molecule has 1 aromatic carbocycles. The van der Waals surface area contributed by atoms with Crippen LogP contribution in [0, 0.1) is 0 Å². The summed E-state index contributed by atoms with van der Waals surface area (Å²) in [4.78, 5) is 11.8. The Morgan fingerprint density at radius 1 is 1.39 bits per heavy atom. The second-order valence-corrected chi connectivity index (χ2v) is 4.23. The van der Waals surface area contributed by atoms with E-state index in [1.165, 1.54) is 10.7 Å². The van der Waals surface area contributed by atoms with Crippen molar-refractivity contribution in [2.45, 2.75) is 6.92 Å². The Morgan fingerprint density at radius 2 is 2.11 bits per heavy atom. The van der Waals surface area contributed by atoms with Gasteiger partial charge in [-0.3, -0.25) is 0 Å². The van der Waals surface area contributed by atoms with Crippen LogP contribution in [0.25, 0.3) is 5.69 Å². The van der Waals surface area contributed by atoms with Crippen molar-refractivity contribution in [1.82, 2.24) is 9.78 Å². The summed E-state index contributed by atoms with van der Waals surface area (Å²) < 4.78 is 6.32. The zero-order chi connectivity index (χ0) is 13.1. The summed E-state index contributed by atoms with van der Waals surface area (Å²) in [6, 6.07) is 8.49. The fourth-order valence-corrected chi connectivity index (χ4v) is 1.90. The highest BCUT2D eigenvalue weighted by atomic mass is 35.5. The molecule has 2 aromatic rings. The number of halogens is 2. The average molecular weight is 285 g/mol. The highest BCUT2D eigenvalue weighted by Crippen LogP contribution is 2.23. The first-order valence-electron chi connectivity index (χ1n) is 5.31. The van der Waals surface area contributed by atoms with Crippen molar-refractivity contribution in [3.8, 4) is 5.69 Å². The maximum atomic E-state index is 11.8. The Kier molecular flexibility index (Phi) is 3.89. The van der Waals surface area contributed by atoms with Crippen molar-refractivity contribution < 1.29 is 9.53 Å². The van der Waals surface area contributed by atoms with Crippen molar-refractivity contribution in [2.24, 2.45) is 0 Å². The van der Waals surface area contributed by atoms with E-state index in [-0.39, 0.29) is 17.5 Å². The van der Waals surface area contributed by atoms with Crippen LogP contribution in [0.5, 0.6) is 0 Å². The minimum absolute atomic E-state index is 0.206. The third kappa shape index (κ3) is 2.49. The number of rotatable bonds is 3. The van der Waals surface area contributed by atoms with Crippen LogP contribution < -0.4 is 0 Å². The molecule has 1 aromatic heterocycles. The molecule has 6 heteroatoms. The molecule has 94 valence electrons. The van der Waals surface area contributed by atoms with Gasteiger partial charge in [0.2, 0.25) is 0 Å². The Labute approximate surface area is 114 Å². The van der Waals surface area contributed by atoms with Gasteiger partial charge in [-0.05, 0) is 19.1 Å². The number of carbonyl (C=O) groups excluding carboxylic acids is 1. The lowest BCUT2D eigenvalue weighted by Crippen LogP contribution is -2.12. The van der Waals surface area contributed by atoms with Crippen molar-refractivity contribution in [1.29, 1.82) is 0 Å². The van der Waals surface area contributed by atoms with E-state index in [0.29, 0.717) is 10.7 Å². The lowest BCUT2D eigenvalue weighted by molar-refractivity contribution is 0.0516. The Hall–Kier alpha value is -1.52. The van der Waals surface area contributed by atoms with Gasteiger partial charge >= 0.3 is 5.97 Å². The van der Waals surface area contributed by atoms with Crippen LogP contribution >= 0.6 is 23.2 Å². The number of hydrogen-bond acceptors (Lipinski definition) is 3. The number of aromatic nitrogens is 2. The van der Waals surface area contributed by atoms with Crippen molar-refractivity contribution in [2.75, 3.05) is 6.61 Å². The Bertz CT molecular complexity index is 581. The first kappa shape index (κ1) is 12.9. The molecule has 0 radical (unpaired) electrons. The zero-order valence-corrected chi connectivity index (χ0v) is 11.1. The molecular formula is C12H10Cl2N2O2. The van der Waals surface area contributed by atoms with Crippen LogP contribution in [0.3, 0.4) is 0 Å². The van der Waals surface area contributed by atoms with Crippen molar-refractivity contribution in [3.05, 3.63) is 46.2 Å². The van der Waals surface area contributed by atoms with Crippen LogP contribution in [-0.4, -0.2) is 22.4 Å². The van der Waals surface area contributed by atoms with Gasteiger partial charge in [0.15, 0.2) is 10.8 Å². The average Bonchev–Trinajstić information content (AvgIpc) is 2.72. The quantitative estimate of drug-likeness (QED) is 0.812. The monoisotopic (exact) mass is 284 g/mol. The van der Waals surface area contributed by atoms with Gasteiger partial charge in [-0.2, -0.15) is 5.10 Å². The molecule has 18 heavy (non-hydrogen) atoms. The molecular weight excluding hydrogens is 275 g/mol. The third-order valence-electron chi connectivity index (χ3n) is 2.24. The number of esters is 1. The first-order chi connectivity index (χ1) is 8.63. The van der Waals surface area contributed by atoms with E-state index in [4.69, 9.17) is 27.9 Å². The molecule has 0 spiro atoms. The van der Waals surface area contributed by atoms with Gasteiger partial charge in [-0.1, -0.05) is 35.3 Å². The predicted molar refractivity (Wildman–Crippen MR) is 69.5 cm³/mol. The number of para-hydroxylation sites is 1. The van der Waals surface area contributed by atoms with Crippen LogP contribution in [0.4, 0.5) is 0 Å². The van der Waals surface area contributed by atoms with Gasteiger partial charge in [0.25, 0.3) is 0 Å². The van der Waals surface area contributed by atoms with Gasteiger partial charge < -0.3 is 4.74 Å². The maximum absolute atomic E-state index is 11.8. The van der Waals surface area contributed by atoms with E-state index in [0.717, 1.165) is 0 Å². The summed E-state index contributed by atoms with van der Waals surface area (Å²) in [6.45, 7) is 2.01. The predicted octanol–water partition coefficient (Wildman–Crippen LogP) is 3.36. The molecule has 0 amide bonds.